The van der Waals surface area contributed by atoms with Crippen LogP contribution in [-0.4, -0.2) is 35.2 Å². The smallest absolute Gasteiger partial charge is 0.325 e. The minimum Gasteiger partial charge on any atom is -0.480 e. The van der Waals surface area contributed by atoms with Crippen LogP contribution in [-0.2, 0) is 4.79 Å². The van der Waals surface area contributed by atoms with E-state index >= 15 is 0 Å². The molecule has 0 saturated carbocycles. The molecule has 94 valence electrons. The predicted molar refractivity (Wildman–Crippen MR) is 64.6 cm³/mol. The molecule has 1 unspecified atom stereocenters. The van der Waals surface area contributed by atoms with Crippen molar-refractivity contribution in [3.05, 3.63) is 35.9 Å². The Labute approximate surface area is 101 Å². The van der Waals surface area contributed by atoms with Gasteiger partial charge in [-0.2, -0.15) is 0 Å². The molecule has 1 N–H and O–H groups in total. The highest BCUT2D eigenvalue weighted by atomic mass is 19.1. The minimum atomic E-state index is -0.916. The lowest BCUT2D eigenvalue weighted by molar-refractivity contribution is -0.143. The molecule has 17 heavy (non-hydrogen) atoms. The fourth-order valence-electron chi connectivity index (χ4n) is 2.12. The maximum Gasteiger partial charge on any atom is 0.325 e. The largest absolute Gasteiger partial charge is 0.480 e. The Hall–Kier alpha value is -1.42. The summed E-state index contributed by atoms with van der Waals surface area (Å²) in [7, 11) is 0. The van der Waals surface area contributed by atoms with Crippen LogP contribution < -0.4 is 0 Å². The van der Waals surface area contributed by atoms with Crippen molar-refractivity contribution in [1.82, 2.24) is 4.90 Å². The molecule has 0 aliphatic carbocycles. The molecule has 2 atom stereocenters. The van der Waals surface area contributed by atoms with Crippen molar-refractivity contribution in [2.24, 2.45) is 0 Å². The van der Waals surface area contributed by atoms with Gasteiger partial charge in [0.1, 0.15) is 12.2 Å². The van der Waals surface area contributed by atoms with Gasteiger partial charge in [0.2, 0.25) is 0 Å². The first-order chi connectivity index (χ1) is 7.68. The van der Waals surface area contributed by atoms with Gasteiger partial charge < -0.3 is 5.11 Å². The maximum absolute atomic E-state index is 13.1. The van der Waals surface area contributed by atoms with Crippen LogP contribution >= 0.6 is 0 Å². The lowest BCUT2D eigenvalue weighted by Gasteiger charge is -2.23. The van der Waals surface area contributed by atoms with Gasteiger partial charge in [0.05, 0.1) is 0 Å². The van der Waals surface area contributed by atoms with Crippen LogP contribution in [0, 0.1) is 0 Å². The average Bonchev–Trinajstić information content (AvgIpc) is 2.66. The normalized spacial score (nSPS) is 21.8. The molecule has 0 bridgehead atoms. The van der Waals surface area contributed by atoms with Crippen LogP contribution in [0.15, 0.2) is 30.3 Å². The van der Waals surface area contributed by atoms with Crippen molar-refractivity contribution < 1.29 is 14.3 Å². The molecule has 4 heteroatoms. The van der Waals surface area contributed by atoms with Crippen molar-refractivity contribution in [3.63, 3.8) is 0 Å². The molecule has 0 amide bonds. The first kappa shape index (κ1) is 13.6. The first-order valence-corrected chi connectivity index (χ1v) is 5.34. The van der Waals surface area contributed by atoms with Gasteiger partial charge in [0.25, 0.3) is 0 Å². The van der Waals surface area contributed by atoms with Crippen LogP contribution in [0.25, 0.3) is 0 Å². The summed E-state index contributed by atoms with van der Waals surface area (Å²) in [5, 5.41) is 9.21. The van der Waals surface area contributed by atoms with Crippen molar-refractivity contribution in [3.8, 4) is 0 Å². The fourth-order valence-corrected chi connectivity index (χ4v) is 2.12. The molecular weight excluding hydrogens is 221 g/mol. The van der Waals surface area contributed by atoms with Crippen LogP contribution in [0.1, 0.15) is 25.5 Å². The second-order valence-electron chi connectivity index (χ2n) is 4.03. The number of halogens is 1. The fraction of sp³-hybridized carbons (Fsp3) is 0.462. The minimum absolute atomic E-state index is 0. The SMILES string of the molecule is C.O=C(O)C(c1ccccc1)N1CC[C@H](F)C1. The summed E-state index contributed by atoms with van der Waals surface area (Å²) in [6.07, 6.45) is -0.470. The molecule has 3 nitrogen and oxygen atoms in total. The van der Waals surface area contributed by atoms with E-state index < -0.39 is 18.2 Å². The molecule has 0 aromatic heterocycles. The van der Waals surface area contributed by atoms with Crippen molar-refractivity contribution in [1.29, 1.82) is 0 Å². The van der Waals surface area contributed by atoms with Crippen molar-refractivity contribution in [2.45, 2.75) is 26.1 Å². The van der Waals surface area contributed by atoms with Gasteiger partial charge in [-0.3, -0.25) is 9.69 Å². The molecule has 1 aromatic rings. The number of carbonyl (C=O) groups is 1. The zero-order valence-electron chi connectivity index (χ0n) is 8.84. The molecule has 1 heterocycles. The number of carboxylic acid groups (broad SMARTS) is 1. The van der Waals surface area contributed by atoms with E-state index in [-0.39, 0.29) is 14.0 Å². The number of likely N-dealkylation sites (tertiary alicyclic amines) is 1. The molecule has 1 aliphatic rings. The van der Waals surface area contributed by atoms with Crippen LogP contribution in [0.4, 0.5) is 4.39 Å². The van der Waals surface area contributed by atoms with Crippen LogP contribution in [0.2, 0.25) is 0 Å². The highest BCUT2D eigenvalue weighted by Crippen LogP contribution is 2.26. The van der Waals surface area contributed by atoms with Crippen molar-refractivity contribution >= 4 is 5.97 Å². The quantitative estimate of drug-likeness (QED) is 0.881. The number of aliphatic carboxylic acids is 1. The predicted octanol–water partition coefficient (Wildman–Crippen LogP) is 2.49. The zero-order valence-corrected chi connectivity index (χ0v) is 8.84. The first-order valence-electron chi connectivity index (χ1n) is 5.34. The standard InChI is InChI=1S/C12H14FNO2.CH4/c13-10-6-7-14(8-10)11(12(15)16)9-4-2-1-3-5-9;/h1-5,10-11H,6-8H2,(H,15,16);1H4/t10-,11?;/m0./s1. The number of alkyl halides is 1. The monoisotopic (exact) mass is 239 g/mol. The second kappa shape index (κ2) is 5.77. The Bertz CT molecular complexity index is 369. The van der Waals surface area contributed by atoms with E-state index in [2.05, 4.69) is 0 Å². The van der Waals surface area contributed by atoms with E-state index in [1.165, 1.54) is 0 Å². The summed E-state index contributed by atoms with van der Waals surface area (Å²) in [4.78, 5) is 12.9. The summed E-state index contributed by atoms with van der Waals surface area (Å²) in [6.45, 7) is 0.721. The number of hydrogen-bond donors (Lipinski definition) is 1. The van der Waals surface area contributed by atoms with Crippen molar-refractivity contribution in [2.75, 3.05) is 13.1 Å². The Morgan fingerprint density at radius 1 is 1.41 bits per heavy atom. The Morgan fingerprint density at radius 2 is 2.06 bits per heavy atom. The number of hydrogen-bond acceptors (Lipinski definition) is 2. The van der Waals surface area contributed by atoms with Gasteiger partial charge in [-0.15, -0.1) is 0 Å². The van der Waals surface area contributed by atoms with E-state index in [9.17, 15) is 14.3 Å². The van der Waals surface area contributed by atoms with Gasteiger partial charge >= 0.3 is 5.97 Å². The third-order valence-electron chi connectivity index (χ3n) is 2.88. The second-order valence-corrected chi connectivity index (χ2v) is 4.03. The third kappa shape index (κ3) is 3.03. The van der Waals surface area contributed by atoms with Crippen LogP contribution in [0.3, 0.4) is 0 Å². The lowest BCUT2D eigenvalue weighted by Crippen LogP contribution is -2.32. The van der Waals surface area contributed by atoms with Gasteiger partial charge in [-0.1, -0.05) is 37.8 Å². The number of benzene rings is 1. The van der Waals surface area contributed by atoms with Crippen LogP contribution in [0.5, 0.6) is 0 Å². The average molecular weight is 239 g/mol. The molecule has 1 saturated heterocycles. The van der Waals surface area contributed by atoms with Gasteiger partial charge in [0, 0.05) is 13.1 Å². The molecule has 1 aromatic carbocycles. The Kier molecular flexibility index (Phi) is 4.63. The molecule has 0 spiro atoms. The van der Waals surface area contributed by atoms with E-state index in [0.29, 0.717) is 18.5 Å². The molecule has 1 aliphatic heterocycles. The highest BCUT2D eigenvalue weighted by molar-refractivity contribution is 5.75. The highest BCUT2D eigenvalue weighted by Gasteiger charge is 2.33. The third-order valence-corrected chi connectivity index (χ3v) is 2.88. The van der Waals surface area contributed by atoms with E-state index in [0.717, 1.165) is 0 Å². The van der Waals surface area contributed by atoms with Gasteiger partial charge in [-0.05, 0) is 12.0 Å². The Morgan fingerprint density at radius 3 is 2.53 bits per heavy atom. The zero-order chi connectivity index (χ0) is 11.5. The summed E-state index contributed by atoms with van der Waals surface area (Å²) >= 11 is 0. The summed E-state index contributed by atoms with van der Waals surface area (Å²) in [6, 6.07) is 8.25. The van der Waals surface area contributed by atoms with E-state index in [1.807, 2.05) is 6.07 Å². The van der Waals surface area contributed by atoms with E-state index in [4.69, 9.17) is 0 Å². The maximum atomic E-state index is 13.1. The molecule has 1 fully saturated rings. The summed E-state index contributed by atoms with van der Waals surface area (Å²) in [5.74, 6) is -0.916. The number of carboxylic acids is 1. The molecule has 0 radical (unpaired) electrons. The number of rotatable bonds is 3. The molecular formula is C13H18FNO2. The lowest BCUT2D eigenvalue weighted by atomic mass is 10.1. The molecule has 2 rings (SSSR count). The Balaban J connectivity index is 0.00000144. The van der Waals surface area contributed by atoms with Gasteiger partial charge in [0.15, 0.2) is 0 Å². The van der Waals surface area contributed by atoms with Gasteiger partial charge in [-0.25, -0.2) is 4.39 Å². The van der Waals surface area contributed by atoms with E-state index in [1.54, 1.807) is 29.2 Å². The summed E-state index contributed by atoms with van der Waals surface area (Å²) in [5.41, 5.74) is 0.712. The summed E-state index contributed by atoms with van der Waals surface area (Å²) < 4.78 is 13.1. The topological polar surface area (TPSA) is 40.5 Å². The number of nitrogens with zero attached hydrogens (tertiary/aromatic N) is 1.